The molecule has 5 nitrogen and oxygen atoms in total. The zero-order valence-electron chi connectivity index (χ0n) is 12.9. The van der Waals surface area contributed by atoms with Gasteiger partial charge in [0.2, 0.25) is 0 Å². The van der Waals surface area contributed by atoms with Crippen LogP contribution >= 0.6 is 11.6 Å². The summed E-state index contributed by atoms with van der Waals surface area (Å²) in [5.74, 6) is 0. The average Bonchev–Trinajstić information content (AvgIpc) is 3.25. The molecule has 2 aromatic heterocycles. The number of aliphatic imine (C=N–C) groups is 1. The molecule has 1 aliphatic heterocycles. The SMILES string of the molecule is N[C@H](Cc1ccc(Cl)cc1)C1=Nc2cc(-c3cn[nH]c3)cnc2C1. The van der Waals surface area contributed by atoms with Crippen molar-refractivity contribution in [2.75, 3.05) is 0 Å². The molecule has 1 atom stereocenters. The molecule has 4 rings (SSSR count). The maximum atomic E-state index is 6.35. The number of nitrogens with zero attached hydrogens (tertiary/aromatic N) is 3. The second-order valence-corrected chi connectivity index (χ2v) is 6.33. The zero-order chi connectivity index (χ0) is 16.5. The Morgan fingerprint density at radius 3 is 2.75 bits per heavy atom. The number of halogens is 1. The number of fused-ring (bicyclic) bond motifs is 1. The molecule has 1 aliphatic rings. The molecule has 0 aliphatic carbocycles. The number of nitrogens with one attached hydrogen (secondary N) is 1. The highest BCUT2D eigenvalue weighted by Gasteiger charge is 2.22. The normalized spacial score (nSPS) is 14.3. The maximum Gasteiger partial charge on any atom is 0.0855 e. The van der Waals surface area contributed by atoms with Gasteiger partial charge in [0.25, 0.3) is 0 Å². The summed E-state index contributed by atoms with van der Waals surface area (Å²) in [6, 6.07) is 9.68. The first-order valence-electron chi connectivity index (χ1n) is 7.74. The van der Waals surface area contributed by atoms with Gasteiger partial charge in [0.15, 0.2) is 0 Å². The summed E-state index contributed by atoms with van der Waals surface area (Å²) < 4.78 is 0. The third-order valence-electron chi connectivity index (χ3n) is 4.19. The van der Waals surface area contributed by atoms with Gasteiger partial charge in [0.1, 0.15) is 0 Å². The Morgan fingerprint density at radius 2 is 2.00 bits per heavy atom. The molecule has 3 N–H and O–H groups in total. The molecule has 0 amide bonds. The Labute approximate surface area is 144 Å². The standard InChI is InChI=1S/C18H16ClN5/c19-14-3-1-11(2-4-14)5-15(20)16-7-17-18(24-16)6-12(8-21-17)13-9-22-23-10-13/h1-4,6,8-10,15H,5,7,20H2,(H,22,23)/t15-/m1/s1. The van der Waals surface area contributed by atoms with Crippen molar-refractivity contribution in [2.45, 2.75) is 18.9 Å². The smallest absolute Gasteiger partial charge is 0.0855 e. The molecule has 3 heterocycles. The van der Waals surface area contributed by atoms with E-state index >= 15 is 0 Å². The molecule has 1 aromatic carbocycles. The lowest BCUT2D eigenvalue weighted by molar-refractivity contribution is 0.838. The summed E-state index contributed by atoms with van der Waals surface area (Å²) in [4.78, 5) is 9.25. The lowest BCUT2D eigenvalue weighted by Gasteiger charge is -2.11. The molecule has 120 valence electrons. The molecule has 24 heavy (non-hydrogen) atoms. The van der Waals surface area contributed by atoms with Crippen molar-refractivity contribution >= 4 is 23.0 Å². The van der Waals surface area contributed by atoms with Crippen molar-refractivity contribution in [2.24, 2.45) is 10.7 Å². The average molecular weight is 338 g/mol. The highest BCUT2D eigenvalue weighted by molar-refractivity contribution is 6.30. The number of aromatic nitrogens is 3. The Morgan fingerprint density at radius 1 is 1.17 bits per heavy atom. The van der Waals surface area contributed by atoms with Crippen molar-refractivity contribution in [1.82, 2.24) is 15.2 Å². The first-order chi connectivity index (χ1) is 11.7. The molecule has 0 saturated heterocycles. The molecule has 0 bridgehead atoms. The Kier molecular flexibility index (Phi) is 3.88. The van der Waals surface area contributed by atoms with E-state index in [0.29, 0.717) is 6.42 Å². The van der Waals surface area contributed by atoms with E-state index in [9.17, 15) is 0 Å². The molecular formula is C18H16ClN5. The van der Waals surface area contributed by atoms with Crippen molar-refractivity contribution < 1.29 is 0 Å². The monoisotopic (exact) mass is 337 g/mol. The van der Waals surface area contributed by atoms with Gasteiger partial charge in [-0.05, 0) is 30.2 Å². The van der Waals surface area contributed by atoms with Gasteiger partial charge < -0.3 is 5.73 Å². The van der Waals surface area contributed by atoms with Crippen LogP contribution in [0, 0.1) is 0 Å². The fraction of sp³-hybridized carbons (Fsp3) is 0.167. The van der Waals surface area contributed by atoms with Crippen molar-refractivity contribution in [3.8, 4) is 11.1 Å². The molecule has 6 heteroatoms. The molecule has 0 spiro atoms. The summed E-state index contributed by atoms with van der Waals surface area (Å²) in [7, 11) is 0. The number of benzene rings is 1. The van der Waals surface area contributed by atoms with E-state index in [1.807, 2.05) is 42.7 Å². The summed E-state index contributed by atoms with van der Waals surface area (Å²) in [5, 5.41) is 7.51. The minimum absolute atomic E-state index is 0.127. The molecule has 3 aromatic rings. The zero-order valence-corrected chi connectivity index (χ0v) is 13.7. The summed E-state index contributed by atoms with van der Waals surface area (Å²) in [6.45, 7) is 0. The van der Waals surface area contributed by atoms with E-state index in [4.69, 9.17) is 22.3 Å². The number of hydrogen-bond acceptors (Lipinski definition) is 4. The van der Waals surface area contributed by atoms with Crippen LogP contribution in [0.3, 0.4) is 0 Å². The van der Waals surface area contributed by atoms with Crippen molar-refractivity contribution in [3.05, 3.63) is 65.2 Å². The Hall–Kier alpha value is -2.50. The molecular weight excluding hydrogens is 322 g/mol. The van der Waals surface area contributed by atoms with Gasteiger partial charge in [-0.15, -0.1) is 0 Å². The van der Waals surface area contributed by atoms with Gasteiger partial charge in [-0.25, -0.2) is 0 Å². The highest BCUT2D eigenvalue weighted by atomic mass is 35.5. The first-order valence-corrected chi connectivity index (χ1v) is 8.12. The molecule has 0 fully saturated rings. The topological polar surface area (TPSA) is 80.0 Å². The van der Waals surface area contributed by atoms with Crippen LogP contribution in [0.1, 0.15) is 11.3 Å². The minimum Gasteiger partial charge on any atom is -0.323 e. The number of hydrogen-bond donors (Lipinski definition) is 2. The molecule has 0 unspecified atom stereocenters. The van der Waals surface area contributed by atoms with Crippen LogP contribution in [0.5, 0.6) is 0 Å². The van der Waals surface area contributed by atoms with Crippen LogP contribution in [0.25, 0.3) is 11.1 Å². The van der Waals surface area contributed by atoms with Crippen LogP contribution in [0.2, 0.25) is 5.02 Å². The third kappa shape index (κ3) is 2.96. The van der Waals surface area contributed by atoms with E-state index < -0.39 is 0 Å². The van der Waals surface area contributed by atoms with E-state index in [2.05, 4.69) is 15.2 Å². The predicted molar refractivity (Wildman–Crippen MR) is 95.7 cm³/mol. The van der Waals surface area contributed by atoms with Crippen LogP contribution in [-0.2, 0) is 12.8 Å². The van der Waals surface area contributed by atoms with Gasteiger partial charge in [0.05, 0.1) is 17.6 Å². The lowest BCUT2D eigenvalue weighted by atomic mass is 10.0. The van der Waals surface area contributed by atoms with E-state index in [-0.39, 0.29) is 6.04 Å². The van der Waals surface area contributed by atoms with Gasteiger partial charge in [-0.1, -0.05) is 23.7 Å². The highest BCUT2D eigenvalue weighted by Crippen LogP contribution is 2.30. The van der Waals surface area contributed by atoms with Gasteiger partial charge in [-0.3, -0.25) is 15.1 Å². The van der Waals surface area contributed by atoms with E-state index in [1.54, 1.807) is 6.20 Å². The van der Waals surface area contributed by atoms with Gasteiger partial charge >= 0.3 is 0 Å². The fourth-order valence-electron chi connectivity index (χ4n) is 2.85. The number of pyridine rings is 1. The van der Waals surface area contributed by atoms with E-state index in [1.165, 1.54) is 0 Å². The van der Waals surface area contributed by atoms with E-state index in [0.717, 1.165) is 45.2 Å². The second-order valence-electron chi connectivity index (χ2n) is 5.89. The van der Waals surface area contributed by atoms with Crippen molar-refractivity contribution in [3.63, 3.8) is 0 Å². The largest absolute Gasteiger partial charge is 0.323 e. The lowest BCUT2D eigenvalue weighted by Crippen LogP contribution is -2.32. The van der Waals surface area contributed by atoms with Crippen molar-refractivity contribution in [1.29, 1.82) is 0 Å². The molecule has 0 saturated carbocycles. The molecule has 0 radical (unpaired) electrons. The summed E-state index contributed by atoms with van der Waals surface area (Å²) in [6.07, 6.45) is 6.91. The number of nitrogens with two attached hydrogens (primary N) is 1. The third-order valence-corrected chi connectivity index (χ3v) is 4.44. The van der Waals surface area contributed by atoms with Gasteiger partial charge in [0, 0.05) is 46.7 Å². The van der Waals surface area contributed by atoms with Crippen LogP contribution in [-0.4, -0.2) is 26.9 Å². The Balaban J connectivity index is 1.54. The van der Waals surface area contributed by atoms with Crippen LogP contribution < -0.4 is 5.73 Å². The fourth-order valence-corrected chi connectivity index (χ4v) is 2.98. The first kappa shape index (κ1) is 15.1. The van der Waals surface area contributed by atoms with Crippen LogP contribution in [0.4, 0.5) is 5.69 Å². The van der Waals surface area contributed by atoms with Crippen LogP contribution in [0.15, 0.2) is 53.9 Å². The number of rotatable bonds is 4. The quantitative estimate of drug-likeness (QED) is 0.766. The minimum atomic E-state index is -0.127. The second kappa shape index (κ2) is 6.19. The number of aromatic amines is 1. The summed E-state index contributed by atoms with van der Waals surface area (Å²) >= 11 is 5.92. The predicted octanol–water partition coefficient (Wildman–Crippen LogP) is 3.32. The summed E-state index contributed by atoms with van der Waals surface area (Å²) in [5.41, 5.74) is 12.3. The maximum absolute atomic E-state index is 6.35. The van der Waals surface area contributed by atoms with Gasteiger partial charge in [-0.2, -0.15) is 5.10 Å². The number of H-pyrrole nitrogens is 1. The Bertz CT molecular complexity index is 884.